The SMILES string of the molecule is CC(CCC(=O)OCc1ccccc1)Cc1ccccc1.O=C=O. The molecule has 0 aliphatic heterocycles. The molecule has 0 aliphatic rings. The van der Waals surface area contributed by atoms with Crippen LogP contribution < -0.4 is 0 Å². The average molecular weight is 326 g/mol. The normalized spacial score (nSPS) is 10.7. The van der Waals surface area contributed by atoms with Crippen molar-refractivity contribution < 1.29 is 19.1 Å². The second kappa shape index (κ2) is 11.8. The minimum atomic E-state index is -0.112. The Labute approximate surface area is 142 Å². The lowest BCUT2D eigenvalue weighted by molar-refractivity contribution is -0.191. The summed E-state index contributed by atoms with van der Waals surface area (Å²) in [7, 11) is 0. The van der Waals surface area contributed by atoms with Gasteiger partial charge in [0.15, 0.2) is 0 Å². The molecule has 0 heterocycles. The van der Waals surface area contributed by atoms with Crippen LogP contribution in [0.2, 0.25) is 0 Å². The molecule has 0 N–H and O–H groups in total. The molecular formula is C20H22O4. The van der Waals surface area contributed by atoms with Gasteiger partial charge in [0.25, 0.3) is 0 Å². The van der Waals surface area contributed by atoms with E-state index >= 15 is 0 Å². The highest BCUT2D eigenvalue weighted by molar-refractivity contribution is 5.69. The van der Waals surface area contributed by atoms with Crippen LogP contribution in [0, 0.1) is 5.92 Å². The number of hydrogen-bond donors (Lipinski definition) is 0. The molecule has 0 amide bonds. The number of carbonyl (C=O) groups is 1. The maximum Gasteiger partial charge on any atom is 0.373 e. The van der Waals surface area contributed by atoms with E-state index in [0.717, 1.165) is 18.4 Å². The summed E-state index contributed by atoms with van der Waals surface area (Å²) in [5.41, 5.74) is 2.35. The van der Waals surface area contributed by atoms with E-state index in [4.69, 9.17) is 14.3 Å². The van der Waals surface area contributed by atoms with Crippen LogP contribution in [0.4, 0.5) is 0 Å². The summed E-state index contributed by atoms with van der Waals surface area (Å²) in [5, 5.41) is 0. The highest BCUT2D eigenvalue weighted by Crippen LogP contribution is 2.14. The van der Waals surface area contributed by atoms with Gasteiger partial charge in [0.1, 0.15) is 6.61 Å². The molecule has 0 saturated heterocycles. The predicted octanol–water partition coefficient (Wildman–Crippen LogP) is 3.81. The summed E-state index contributed by atoms with van der Waals surface area (Å²) in [6.07, 6.45) is 2.61. The number of hydrogen-bond acceptors (Lipinski definition) is 4. The Morgan fingerprint density at radius 3 is 2.00 bits per heavy atom. The Morgan fingerprint density at radius 2 is 1.46 bits per heavy atom. The predicted molar refractivity (Wildman–Crippen MR) is 89.8 cm³/mol. The first-order valence-corrected chi connectivity index (χ1v) is 7.88. The van der Waals surface area contributed by atoms with Crippen LogP contribution in [0.25, 0.3) is 0 Å². The van der Waals surface area contributed by atoms with Crippen LogP contribution in [0.1, 0.15) is 30.9 Å². The summed E-state index contributed by atoms with van der Waals surface area (Å²) >= 11 is 0. The van der Waals surface area contributed by atoms with Crippen molar-refractivity contribution in [2.24, 2.45) is 5.92 Å². The van der Waals surface area contributed by atoms with E-state index in [1.54, 1.807) is 0 Å². The largest absolute Gasteiger partial charge is 0.461 e. The van der Waals surface area contributed by atoms with Gasteiger partial charge in [-0.1, -0.05) is 67.6 Å². The summed E-state index contributed by atoms with van der Waals surface area (Å²) in [6, 6.07) is 20.2. The fourth-order valence-electron chi connectivity index (χ4n) is 2.29. The van der Waals surface area contributed by atoms with Gasteiger partial charge in [-0.05, 0) is 29.9 Å². The van der Waals surface area contributed by atoms with Gasteiger partial charge in [0, 0.05) is 6.42 Å². The molecule has 0 spiro atoms. The maximum atomic E-state index is 11.8. The molecule has 0 bridgehead atoms. The Morgan fingerprint density at radius 1 is 0.958 bits per heavy atom. The van der Waals surface area contributed by atoms with Crippen LogP contribution >= 0.6 is 0 Å². The van der Waals surface area contributed by atoms with Crippen LogP contribution in [0.15, 0.2) is 60.7 Å². The first-order valence-electron chi connectivity index (χ1n) is 7.88. The Balaban J connectivity index is 0.000000891. The first kappa shape index (κ1) is 19.3. The van der Waals surface area contributed by atoms with Crippen LogP contribution in [0.3, 0.4) is 0 Å². The van der Waals surface area contributed by atoms with E-state index in [-0.39, 0.29) is 12.1 Å². The molecule has 2 aromatic carbocycles. The van der Waals surface area contributed by atoms with Crippen LogP contribution in [-0.4, -0.2) is 12.1 Å². The molecule has 0 saturated carbocycles. The Bertz CT molecular complexity index is 617. The van der Waals surface area contributed by atoms with E-state index in [1.165, 1.54) is 5.56 Å². The molecule has 1 unspecified atom stereocenters. The lowest BCUT2D eigenvalue weighted by atomic mass is 9.97. The van der Waals surface area contributed by atoms with Gasteiger partial charge in [-0.3, -0.25) is 4.79 Å². The highest BCUT2D eigenvalue weighted by atomic mass is 16.5. The van der Waals surface area contributed by atoms with Crippen LogP contribution in [0.5, 0.6) is 0 Å². The molecule has 126 valence electrons. The van der Waals surface area contributed by atoms with Crippen molar-refractivity contribution in [2.45, 2.75) is 32.8 Å². The van der Waals surface area contributed by atoms with Gasteiger partial charge < -0.3 is 4.74 Å². The van der Waals surface area contributed by atoms with Crippen molar-refractivity contribution in [3.05, 3.63) is 71.8 Å². The van der Waals surface area contributed by atoms with Crippen LogP contribution in [-0.2, 0) is 32.1 Å². The van der Waals surface area contributed by atoms with E-state index in [2.05, 4.69) is 31.2 Å². The fraction of sp³-hybridized carbons (Fsp3) is 0.300. The smallest absolute Gasteiger partial charge is 0.373 e. The van der Waals surface area contributed by atoms with Crippen molar-refractivity contribution >= 4 is 12.1 Å². The quantitative estimate of drug-likeness (QED) is 0.726. The summed E-state index contributed by atoms with van der Waals surface area (Å²) in [5.74, 6) is 0.371. The third-order valence-electron chi connectivity index (χ3n) is 3.51. The lowest BCUT2D eigenvalue weighted by Gasteiger charge is -2.11. The number of ether oxygens (including phenoxy) is 1. The fourth-order valence-corrected chi connectivity index (χ4v) is 2.29. The molecule has 4 heteroatoms. The third kappa shape index (κ3) is 8.66. The topological polar surface area (TPSA) is 60.4 Å². The third-order valence-corrected chi connectivity index (χ3v) is 3.51. The zero-order valence-electron chi connectivity index (χ0n) is 13.8. The standard InChI is InChI=1S/C19H22O2.CO2/c1-16(14-17-8-4-2-5-9-17)12-13-19(20)21-15-18-10-6-3-7-11-18;2-1-3/h2-11,16H,12-15H2,1H3;. The van der Waals surface area contributed by atoms with E-state index in [9.17, 15) is 4.79 Å². The van der Waals surface area contributed by atoms with Gasteiger partial charge >= 0.3 is 12.1 Å². The zero-order chi connectivity index (χ0) is 17.6. The van der Waals surface area contributed by atoms with E-state index < -0.39 is 0 Å². The average Bonchev–Trinajstić information content (AvgIpc) is 2.61. The van der Waals surface area contributed by atoms with Crippen molar-refractivity contribution in [1.29, 1.82) is 0 Å². The Kier molecular flexibility index (Phi) is 9.51. The van der Waals surface area contributed by atoms with Crippen molar-refractivity contribution in [1.82, 2.24) is 0 Å². The molecule has 0 radical (unpaired) electrons. The van der Waals surface area contributed by atoms with Gasteiger partial charge in [-0.15, -0.1) is 0 Å². The lowest BCUT2D eigenvalue weighted by Crippen LogP contribution is -2.08. The number of esters is 1. The zero-order valence-corrected chi connectivity index (χ0v) is 13.8. The van der Waals surface area contributed by atoms with Crippen molar-refractivity contribution in [3.8, 4) is 0 Å². The van der Waals surface area contributed by atoms with E-state index in [1.807, 2.05) is 36.4 Å². The molecule has 0 aliphatic carbocycles. The molecule has 4 nitrogen and oxygen atoms in total. The maximum absolute atomic E-state index is 11.8. The first-order chi connectivity index (χ1) is 11.7. The minimum Gasteiger partial charge on any atom is -0.461 e. The monoisotopic (exact) mass is 326 g/mol. The molecule has 1 atom stereocenters. The molecule has 0 aromatic heterocycles. The molecular weight excluding hydrogens is 304 g/mol. The van der Waals surface area contributed by atoms with Crippen molar-refractivity contribution in [3.63, 3.8) is 0 Å². The second-order valence-electron chi connectivity index (χ2n) is 5.56. The number of benzene rings is 2. The van der Waals surface area contributed by atoms with Gasteiger partial charge in [0.05, 0.1) is 0 Å². The van der Waals surface area contributed by atoms with E-state index in [0.29, 0.717) is 18.9 Å². The number of carbonyl (C=O) groups excluding carboxylic acids is 3. The van der Waals surface area contributed by atoms with Gasteiger partial charge in [-0.25, -0.2) is 0 Å². The summed E-state index contributed by atoms with van der Waals surface area (Å²) in [6.45, 7) is 2.55. The summed E-state index contributed by atoms with van der Waals surface area (Å²) < 4.78 is 5.29. The summed E-state index contributed by atoms with van der Waals surface area (Å²) in [4.78, 5) is 28.0. The second-order valence-corrected chi connectivity index (χ2v) is 5.56. The minimum absolute atomic E-state index is 0.112. The molecule has 0 fully saturated rings. The highest BCUT2D eigenvalue weighted by Gasteiger charge is 2.09. The van der Waals surface area contributed by atoms with Gasteiger partial charge in [0.2, 0.25) is 0 Å². The van der Waals surface area contributed by atoms with Gasteiger partial charge in [-0.2, -0.15) is 9.59 Å². The number of rotatable bonds is 7. The molecule has 2 aromatic rings. The Hall–Kier alpha value is -2.71. The molecule has 2 rings (SSSR count). The molecule has 24 heavy (non-hydrogen) atoms. The van der Waals surface area contributed by atoms with Crippen molar-refractivity contribution in [2.75, 3.05) is 0 Å².